The Balaban J connectivity index is 1.45. The Bertz CT molecular complexity index is 1690. The van der Waals surface area contributed by atoms with Crippen LogP contribution in [0.3, 0.4) is 0 Å². The molecule has 1 aliphatic rings. The van der Waals surface area contributed by atoms with Gasteiger partial charge in [-0.1, -0.05) is 103 Å². The topological polar surface area (TPSA) is 92.5 Å². The minimum absolute atomic E-state index is 0.0278. The van der Waals surface area contributed by atoms with Gasteiger partial charge < -0.3 is 9.67 Å². The zero-order valence-corrected chi connectivity index (χ0v) is 23.1. The van der Waals surface area contributed by atoms with Crippen molar-refractivity contribution in [2.75, 3.05) is 0 Å². The molecule has 0 saturated carbocycles. The molecule has 0 radical (unpaired) electrons. The Hall–Kier alpha value is -5.30. The van der Waals surface area contributed by atoms with Gasteiger partial charge in [-0.25, -0.2) is 9.78 Å². The number of benzene rings is 4. The number of imide groups is 1. The summed E-state index contributed by atoms with van der Waals surface area (Å²) in [5.74, 6) is -2.40. The van der Waals surface area contributed by atoms with Gasteiger partial charge in [0.2, 0.25) is 0 Å². The van der Waals surface area contributed by atoms with Gasteiger partial charge in [-0.15, -0.1) is 0 Å². The molecule has 0 saturated heterocycles. The summed E-state index contributed by atoms with van der Waals surface area (Å²) in [6, 6.07) is 33.8. The fourth-order valence-corrected chi connectivity index (χ4v) is 6.02. The molecule has 0 bridgehead atoms. The molecule has 0 fully saturated rings. The molecule has 42 heavy (non-hydrogen) atoms. The van der Waals surface area contributed by atoms with Crippen molar-refractivity contribution in [3.8, 4) is 0 Å². The molecule has 7 nitrogen and oxygen atoms in total. The van der Waals surface area contributed by atoms with Crippen molar-refractivity contribution in [1.82, 2.24) is 14.5 Å². The number of carboxylic acid groups (broad SMARTS) is 1. The average molecular weight is 556 g/mol. The summed E-state index contributed by atoms with van der Waals surface area (Å²) in [6.45, 7) is 2.05. The molecule has 208 valence electrons. The number of amides is 2. The highest BCUT2D eigenvalue weighted by molar-refractivity contribution is 6.22. The van der Waals surface area contributed by atoms with Crippen LogP contribution in [0.1, 0.15) is 55.1 Å². The van der Waals surface area contributed by atoms with E-state index in [0.29, 0.717) is 0 Å². The van der Waals surface area contributed by atoms with Crippen LogP contribution >= 0.6 is 0 Å². The third kappa shape index (κ3) is 4.39. The third-order valence-electron chi connectivity index (χ3n) is 8.03. The van der Waals surface area contributed by atoms with Crippen molar-refractivity contribution < 1.29 is 19.5 Å². The van der Waals surface area contributed by atoms with Gasteiger partial charge in [0.15, 0.2) is 0 Å². The van der Waals surface area contributed by atoms with Gasteiger partial charge in [-0.05, 0) is 48.6 Å². The monoisotopic (exact) mass is 555 g/mol. The second-order valence-corrected chi connectivity index (χ2v) is 10.5. The molecule has 1 unspecified atom stereocenters. The van der Waals surface area contributed by atoms with E-state index in [4.69, 9.17) is 0 Å². The smallest absolute Gasteiger partial charge is 0.326 e. The van der Waals surface area contributed by atoms with Crippen molar-refractivity contribution in [1.29, 1.82) is 0 Å². The summed E-state index contributed by atoms with van der Waals surface area (Å²) >= 11 is 0. The van der Waals surface area contributed by atoms with Gasteiger partial charge in [0.05, 0.1) is 17.5 Å². The predicted octanol–water partition coefficient (Wildman–Crippen LogP) is 5.71. The summed E-state index contributed by atoms with van der Waals surface area (Å²) in [6.07, 6.45) is 3.79. The van der Waals surface area contributed by atoms with E-state index in [2.05, 4.69) is 58.1 Å². The first-order valence-corrected chi connectivity index (χ1v) is 13.8. The number of carboxylic acids is 1. The molecule has 7 heteroatoms. The van der Waals surface area contributed by atoms with E-state index < -0.39 is 29.4 Å². The van der Waals surface area contributed by atoms with Gasteiger partial charge in [0.1, 0.15) is 11.6 Å². The number of carbonyl (C=O) groups is 3. The van der Waals surface area contributed by atoms with Crippen LogP contribution in [-0.2, 0) is 16.8 Å². The third-order valence-corrected chi connectivity index (χ3v) is 8.03. The molecule has 1 atom stereocenters. The van der Waals surface area contributed by atoms with Gasteiger partial charge in [0, 0.05) is 11.9 Å². The van der Waals surface area contributed by atoms with Crippen LogP contribution in [0.15, 0.2) is 122 Å². The lowest BCUT2D eigenvalue weighted by Gasteiger charge is -2.39. The lowest BCUT2D eigenvalue weighted by molar-refractivity contribution is -0.141. The van der Waals surface area contributed by atoms with Crippen LogP contribution in [-0.4, -0.2) is 43.4 Å². The average Bonchev–Trinajstić information content (AvgIpc) is 3.58. The first-order chi connectivity index (χ1) is 20.4. The fourth-order valence-electron chi connectivity index (χ4n) is 6.02. The summed E-state index contributed by atoms with van der Waals surface area (Å²) < 4.78 is 2.09. The number of hydrogen-bond donors (Lipinski definition) is 1. The molecule has 5 aromatic rings. The lowest BCUT2D eigenvalue weighted by atomic mass is 9.76. The summed E-state index contributed by atoms with van der Waals surface area (Å²) in [5.41, 5.74) is 4.56. The second-order valence-electron chi connectivity index (χ2n) is 10.5. The number of aromatic nitrogens is 2. The molecule has 1 aliphatic heterocycles. The van der Waals surface area contributed by atoms with Gasteiger partial charge in [0.25, 0.3) is 11.8 Å². The Kier molecular flexibility index (Phi) is 7.00. The normalized spacial score (nSPS) is 13.7. The largest absolute Gasteiger partial charge is 0.480 e. The molecule has 2 amide bonds. The number of hydrogen-bond acceptors (Lipinski definition) is 4. The van der Waals surface area contributed by atoms with Crippen molar-refractivity contribution in [3.05, 3.63) is 161 Å². The highest BCUT2D eigenvalue weighted by Crippen LogP contribution is 2.42. The molecule has 1 N–H and O–H groups in total. The first kappa shape index (κ1) is 26.9. The molecule has 6 rings (SSSR count). The number of aliphatic carboxylic acids is 1. The predicted molar refractivity (Wildman–Crippen MR) is 158 cm³/mol. The number of nitrogens with zero attached hydrogens (tertiary/aromatic N) is 3. The van der Waals surface area contributed by atoms with Crippen LogP contribution in [0.25, 0.3) is 0 Å². The van der Waals surface area contributed by atoms with E-state index >= 15 is 0 Å². The van der Waals surface area contributed by atoms with Crippen molar-refractivity contribution in [3.63, 3.8) is 0 Å². The van der Waals surface area contributed by atoms with Crippen LogP contribution < -0.4 is 0 Å². The number of fused-ring (bicyclic) bond motifs is 1. The number of imidazole rings is 1. The Morgan fingerprint density at radius 1 is 0.762 bits per heavy atom. The Morgan fingerprint density at radius 2 is 1.26 bits per heavy atom. The SMILES string of the molecule is Cc1ccc(C(c2ccccc2)(c2ccccc2)n2cncc2CCC(C(=O)O)N2C(=O)c3ccccc3C2=O)cc1. The van der Waals surface area contributed by atoms with Crippen molar-refractivity contribution >= 4 is 17.8 Å². The van der Waals surface area contributed by atoms with E-state index in [1.54, 1.807) is 36.8 Å². The van der Waals surface area contributed by atoms with Gasteiger partial charge in [-0.3, -0.25) is 14.5 Å². The summed E-state index contributed by atoms with van der Waals surface area (Å²) in [4.78, 5) is 44.2. The second kappa shape index (κ2) is 10.9. The molecular weight excluding hydrogens is 526 g/mol. The number of aryl methyl sites for hydroxylation is 2. The quantitative estimate of drug-likeness (QED) is 0.186. The number of rotatable bonds is 9. The maximum absolute atomic E-state index is 13.1. The van der Waals surface area contributed by atoms with E-state index in [0.717, 1.165) is 32.8 Å². The molecule has 4 aromatic carbocycles. The van der Waals surface area contributed by atoms with Crippen molar-refractivity contribution in [2.24, 2.45) is 0 Å². The molecule has 2 heterocycles. The minimum atomic E-state index is -1.33. The maximum Gasteiger partial charge on any atom is 0.326 e. The summed E-state index contributed by atoms with van der Waals surface area (Å²) in [7, 11) is 0. The Morgan fingerprint density at radius 3 is 1.79 bits per heavy atom. The standard InChI is InChI=1S/C35H29N3O4/c1-24-16-18-27(19-17-24)35(25-10-4-2-5-11-25,26-12-6-3-7-13-26)37-23-36-22-28(37)20-21-31(34(41)42)38-32(39)29-14-8-9-15-30(29)33(38)40/h2-19,22-23,31H,20-21H2,1H3,(H,41,42). The van der Waals surface area contributed by atoms with E-state index in [1.165, 1.54) is 0 Å². The Labute approximate surface area is 243 Å². The maximum atomic E-state index is 13.1. The first-order valence-electron chi connectivity index (χ1n) is 13.8. The van der Waals surface area contributed by atoms with Crippen LogP contribution in [0.4, 0.5) is 0 Å². The highest BCUT2D eigenvalue weighted by atomic mass is 16.4. The lowest BCUT2D eigenvalue weighted by Crippen LogP contribution is -2.45. The fraction of sp³-hybridized carbons (Fsp3) is 0.143. The zero-order valence-electron chi connectivity index (χ0n) is 23.1. The molecular formula is C35H29N3O4. The zero-order chi connectivity index (χ0) is 29.3. The summed E-state index contributed by atoms with van der Waals surface area (Å²) in [5, 5.41) is 10.2. The highest BCUT2D eigenvalue weighted by Gasteiger charge is 2.43. The van der Waals surface area contributed by atoms with Crippen molar-refractivity contribution in [2.45, 2.75) is 31.3 Å². The van der Waals surface area contributed by atoms with E-state index in [1.807, 2.05) is 43.3 Å². The van der Waals surface area contributed by atoms with Gasteiger partial charge in [-0.2, -0.15) is 0 Å². The van der Waals surface area contributed by atoms with Crippen LogP contribution in [0, 0.1) is 6.92 Å². The van der Waals surface area contributed by atoms with Gasteiger partial charge >= 0.3 is 5.97 Å². The molecule has 1 aromatic heterocycles. The molecule has 0 spiro atoms. The van der Waals surface area contributed by atoms with E-state index in [9.17, 15) is 19.5 Å². The van der Waals surface area contributed by atoms with Crippen LogP contribution in [0.2, 0.25) is 0 Å². The minimum Gasteiger partial charge on any atom is -0.480 e. The number of carbonyl (C=O) groups excluding carboxylic acids is 2. The van der Waals surface area contributed by atoms with Crippen LogP contribution in [0.5, 0.6) is 0 Å². The molecule has 0 aliphatic carbocycles. The van der Waals surface area contributed by atoms with E-state index in [-0.39, 0.29) is 24.0 Å².